The highest BCUT2D eigenvalue weighted by Crippen LogP contribution is 2.37. The second kappa shape index (κ2) is 19.1. The summed E-state index contributed by atoms with van der Waals surface area (Å²) in [6.07, 6.45) is 0.404. The van der Waals surface area contributed by atoms with E-state index in [2.05, 4.69) is 5.32 Å². The SMILES string of the molecule is CCOC(=O)Cc1c(C)c2c(OCCOC)cc(O)c(C=O)c2oc1=O.COCOCCNC(=O)Cc1c(C)c2cc(C)c(O)c(C=O)c2oc1=O. The fourth-order valence-electron chi connectivity index (χ4n) is 5.20. The Kier molecular flexibility index (Phi) is 15.0. The van der Waals surface area contributed by atoms with Gasteiger partial charge in [-0.15, -0.1) is 0 Å². The van der Waals surface area contributed by atoms with Crippen LogP contribution in [0.5, 0.6) is 17.2 Å². The molecule has 1 amide bonds. The largest absolute Gasteiger partial charge is 0.507 e. The van der Waals surface area contributed by atoms with Gasteiger partial charge in [0.15, 0.2) is 23.7 Å². The predicted molar refractivity (Wildman–Crippen MR) is 186 cm³/mol. The lowest BCUT2D eigenvalue weighted by Gasteiger charge is -2.14. The van der Waals surface area contributed by atoms with E-state index in [0.717, 1.165) is 0 Å². The van der Waals surface area contributed by atoms with Gasteiger partial charge in [-0.2, -0.15) is 0 Å². The van der Waals surface area contributed by atoms with Gasteiger partial charge in [0.25, 0.3) is 0 Å². The molecule has 52 heavy (non-hydrogen) atoms. The standard InChI is InChI=1S/C18H21NO7.C18H20O8/c1-10-6-12-11(2)13(7-15(21)19-4-5-25-9-24-3)18(23)26-17(12)14(8-20)16(10)22;1-4-24-15(21)7-11-10(2)16-14(25-6-5-23-3)8-13(20)12(9-19)17(16)26-18(11)22/h6,8,22H,4-5,7,9H2,1-3H3,(H,19,21);8-9,20H,4-7H2,1-3H3. The number of carbonyl (C=O) groups excluding carboxylic acids is 4. The van der Waals surface area contributed by atoms with E-state index in [9.17, 15) is 39.0 Å². The number of amides is 1. The molecule has 0 fully saturated rings. The van der Waals surface area contributed by atoms with Crippen LogP contribution in [0.3, 0.4) is 0 Å². The summed E-state index contributed by atoms with van der Waals surface area (Å²) in [5, 5.41) is 23.5. The minimum Gasteiger partial charge on any atom is -0.507 e. The van der Waals surface area contributed by atoms with E-state index < -0.39 is 17.2 Å². The number of rotatable bonds is 16. The summed E-state index contributed by atoms with van der Waals surface area (Å²) >= 11 is 0. The first-order valence-electron chi connectivity index (χ1n) is 16.0. The first-order valence-corrected chi connectivity index (χ1v) is 16.0. The van der Waals surface area contributed by atoms with E-state index in [1.54, 1.807) is 33.8 Å². The number of methoxy groups -OCH3 is 2. The number of phenols is 2. The number of benzene rings is 2. The lowest BCUT2D eigenvalue weighted by molar-refractivity contribution is -0.142. The molecule has 4 rings (SSSR count). The van der Waals surface area contributed by atoms with Crippen molar-refractivity contribution in [3.8, 4) is 17.2 Å². The van der Waals surface area contributed by atoms with E-state index in [1.165, 1.54) is 20.3 Å². The summed E-state index contributed by atoms with van der Waals surface area (Å²) in [6, 6.07) is 2.89. The summed E-state index contributed by atoms with van der Waals surface area (Å²) in [5.74, 6) is -1.31. The maximum absolute atomic E-state index is 12.3. The number of hydrogen-bond acceptors (Lipinski definition) is 15. The lowest BCUT2D eigenvalue weighted by Crippen LogP contribution is -2.30. The van der Waals surface area contributed by atoms with Gasteiger partial charge in [-0.05, 0) is 50.5 Å². The zero-order valence-electron chi connectivity index (χ0n) is 29.7. The van der Waals surface area contributed by atoms with Crippen molar-refractivity contribution in [1.82, 2.24) is 5.32 Å². The molecule has 4 aromatic rings. The summed E-state index contributed by atoms with van der Waals surface area (Å²) < 4.78 is 35.6. The third-order valence-electron chi connectivity index (χ3n) is 7.82. The topological polar surface area (TPSA) is 227 Å². The number of aromatic hydroxyl groups is 2. The quantitative estimate of drug-likeness (QED) is 0.0496. The minimum atomic E-state index is -0.778. The van der Waals surface area contributed by atoms with Crippen LogP contribution in [0, 0.1) is 20.8 Å². The Hall–Kier alpha value is -5.58. The molecule has 3 N–H and O–H groups in total. The minimum absolute atomic E-state index is 0.0164. The number of phenolic OH excluding ortho intramolecular Hbond substituents is 2. The highest BCUT2D eigenvalue weighted by molar-refractivity contribution is 6.02. The molecule has 2 aromatic carbocycles. The van der Waals surface area contributed by atoms with Crippen LogP contribution in [0.15, 0.2) is 30.6 Å². The number of carbonyl (C=O) groups is 4. The van der Waals surface area contributed by atoms with Crippen molar-refractivity contribution in [2.45, 2.75) is 40.5 Å². The summed E-state index contributed by atoms with van der Waals surface area (Å²) in [5.41, 5.74) is -0.0782. The molecule has 0 aliphatic rings. The molecule has 280 valence electrons. The van der Waals surface area contributed by atoms with Crippen LogP contribution in [0.2, 0.25) is 0 Å². The van der Waals surface area contributed by atoms with Gasteiger partial charge < -0.3 is 48.0 Å². The van der Waals surface area contributed by atoms with Crippen LogP contribution in [0.1, 0.15) is 55.5 Å². The number of nitrogens with one attached hydrogen (secondary N) is 1. The predicted octanol–water partition coefficient (Wildman–Crippen LogP) is 2.96. The molecule has 2 aromatic heterocycles. The Morgan fingerprint density at radius 3 is 2.12 bits per heavy atom. The fourth-order valence-corrected chi connectivity index (χ4v) is 5.20. The van der Waals surface area contributed by atoms with Gasteiger partial charge in [-0.1, -0.05) is 0 Å². The first-order chi connectivity index (χ1) is 24.8. The van der Waals surface area contributed by atoms with E-state index in [4.69, 9.17) is 32.5 Å². The molecule has 0 radical (unpaired) electrons. The van der Waals surface area contributed by atoms with Gasteiger partial charge in [-0.25, -0.2) is 9.59 Å². The van der Waals surface area contributed by atoms with Gasteiger partial charge in [0, 0.05) is 32.2 Å². The van der Waals surface area contributed by atoms with E-state index in [-0.39, 0.29) is 103 Å². The normalized spacial score (nSPS) is 10.8. The molecule has 0 aliphatic heterocycles. The Labute approximate surface area is 297 Å². The van der Waals surface area contributed by atoms with Gasteiger partial charge in [-0.3, -0.25) is 19.2 Å². The monoisotopic (exact) mass is 727 g/mol. The molecule has 0 saturated carbocycles. The van der Waals surface area contributed by atoms with Crippen LogP contribution in [0.25, 0.3) is 21.9 Å². The van der Waals surface area contributed by atoms with Gasteiger partial charge in [0.05, 0.1) is 60.3 Å². The van der Waals surface area contributed by atoms with Crippen molar-refractivity contribution < 1.29 is 61.9 Å². The van der Waals surface area contributed by atoms with Crippen molar-refractivity contribution in [2.24, 2.45) is 0 Å². The van der Waals surface area contributed by atoms with Gasteiger partial charge >= 0.3 is 17.2 Å². The highest BCUT2D eigenvalue weighted by Gasteiger charge is 2.23. The fraction of sp³-hybridized carbons (Fsp3) is 0.389. The Balaban J connectivity index is 0.000000280. The Morgan fingerprint density at radius 1 is 0.846 bits per heavy atom. The van der Waals surface area contributed by atoms with E-state index in [1.807, 2.05) is 0 Å². The van der Waals surface area contributed by atoms with Crippen molar-refractivity contribution in [2.75, 3.05) is 54.0 Å². The second-order valence-electron chi connectivity index (χ2n) is 11.2. The molecule has 16 heteroatoms. The zero-order valence-corrected chi connectivity index (χ0v) is 29.7. The van der Waals surface area contributed by atoms with Crippen LogP contribution in [-0.4, -0.2) is 88.6 Å². The third-order valence-corrected chi connectivity index (χ3v) is 7.82. The van der Waals surface area contributed by atoms with Crippen LogP contribution < -0.4 is 21.3 Å². The summed E-state index contributed by atoms with van der Waals surface area (Å²) in [6.45, 7) is 7.94. The smallest absolute Gasteiger partial charge is 0.340 e. The number of aldehydes is 2. The average Bonchev–Trinajstić information content (AvgIpc) is 3.10. The zero-order chi connectivity index (χ0) is 38.5. The second-order valence-corrected chi connectivity index (χ2v) is 11.2. The maximum atomic E-state index is 12.3. The molecule has 0 aliphatic carbocycles. The molecule has 0 bridgehead atoms. The molecule has 16 nitrogen and oxygen atoms in total. The molecule has 0 saturated heterocycles. The summed E-state index contributed by atoms with van der Waals surface area (Å²) in [7, 11) is 3.01. The summed E-state index contributed by atoms with van der Waals surface area (Å²) in [4.78, 5) is 71.0. The number of aryl methyl sites for hydroxylation is 3. The van der Waals surface area contributed by atoms with Crippen molar-refractivity contribution in [3.63, 3.8) is 0 Å². The Morgan fingerprint density at radius 2 is 1.50 bits per heavy atom. The number of fused-ring (bicyclic) bond motifs is 2. The third kappa shape index (κ3) is 9.60. The lowest BCUT2D eigenvalue weighted by atomic mass is 9.98. The molecular formula is C36H41NO15. The van der Waals surface area contributed by atoms with Crippen molar-refractivity contribution >= 4 is 46.4 Å². The molecular weight excluding hydrogens is 686 g/mol. The van der Waals surface area contributed by atoms with Crippen LogP contribution in [0.4, 0.5) is 0 Å². The van der Waals surface area contributed by atoms with E-state index >= 15 is 0 Å². The number of esters is 1. The number of ether oxygens (including phenoxy) is 5. The molecule has 0 atom stereocenters. The van der Waals surface area contributed by atoms with Gasteiger partial charge in [0.2, 0.25) is 5.91 Å². The Bertz CT molecular complexity index is 2060. The maximum Gasteiger partial charge on any atom is 0.340 e. The van der Waals surface area contributed by atoms with Gasteiger partial charge in [0.1, 0.15) is 30.6 Å². The number of hydrogen-bond donors (Lipinski definition) is 3. The van der Waals surface area contributed by atoms with Crippen molar-refractivity contribution in [1.29, 1.82) is 0 Å². The molecule has 0 spiro atoms. The highest BCUT2D eigenvalue weighted by atomic mass is 16.7. The molecule has 0 unspecified atom stereocenters. The van der Waals surface area contributed by atoms with E-state index in [0.29, 0.717) is 46.6 Å². The van der Waals surface area contributed by atoms with Crippen LogP contribution in [-0.2, 0) is 41.4 Å². The molecule has 2 heterocycles. The van der Waals surface area contributed by atoms with Crippen LogP contribution >= 0.6 is 0 Å². The average molecular weight is 728 g/mol. The van der Waals surface area contributed by atoms with Crippen molar-refractivity contribution in [3.05, 3.63) is 71.9 Å². The first kappa shape index (κ1) is 40.8.